The van der Waals surface area contributed by atoms with Gasteiger partial charge in [-0.05, 0) is 37.2 Å². The van der Waals surface area contributed by atoms with Crippen LogP contribution in [-0.4, -0.2) is 40.5 Å². The summed E-state index contributed by atoms with van der Waals surface area (Å²) in [5.74, 6) is -0.366. The van der Waals surface area contributed by atoms with Gasteiger partial charge in [-0.3, -0.25) is 9.10 Å². The Bertz CT molecular complexity index is 853. The van der Waals surface area contributed by atoms with Gasteiger partial charge in [-0.15, -0.1) is 12.4 Å². The molecule has 2 N–H and O–H groups in total. The molecule has 8 heteroatoms. The first-order valence-corrected chi connectivity index (χ1v) is 9.59. The Kier molecular flexibility index (Phi) is 6.63. The Morgan fingerprint density at radius 1 is 1.12 bits per heavy atom. The minimum atomic E-state index is -3.84. The van der Waals surface area contributed by atoms with Crippen LogP contribution in [0.1, 0.15) is 16.8 Å². The molecule has 1 heterocycles. The third-order valence-electron chi connectivity index (χ3n) is 4.29. The number of nitrogens with zero attached hydrogens (tertiary/aromatic N) is 1. The first-order valence-electron chi connectivity index (χ1n) is 8.15. The zero-order valence-corrected chi connectivity index (χ0v) is 16.0. The Balaban J connectivity index is 0.00000243. The molecule has 1 aliphatic heterocycles. The second-order valence-electron chi connectivity index (χ2n) is 5.97. The molecule has 0 saturated carbocycles. The molecule has 1 aliphatic rings. The van der Waals surface area contributed by atoms with Crippen LogP contribution in [0.4, 0.5) is 5.69 Å². The average Bonchev–Trinajstić information content (AvgIpc) is 3.14. The van der Waals surface area contributed by atoms with E-state index >= 15 is 0 Å². The van der Waals surface area contributed by atoms with Crippen molar-refractivity contribution in [1.29, 1.82) is 0 Å². The third-order valence-corrected chi connectivity index (χ3v) is 6.13. The van der Waals surface area contributed by atoms with Crippen molar-refractivity contribution in [3.8, 4) is 0 Å². The Morgan fingerprint density at radius 2 is 1.77 bits per heavy atom. The molecule has 6 nitrogen and oxygen atoms in total. The van der Waals surface area contributed by atoms with Crippen LogP contribution in [-0.2, 0) is 10.0 Å². The van der Waals surface area contributed by atoms with Crippen LogP contribution in [0.15, 0.2) is 59.5 Å². The molecule has 2 aromatic rings. The molecule has 3 rings (SSSR count). The van der Waals surface area contributed by atoms with E-state index in [1.165, 1.54) is 17.4 Å². The van der Waals surface area contributed by atoms with Crippen molar-refractivity contribution in [3.63, 3.8) is 0 Å². The summed E-state index contributed by atoms with van der Waals surface area (Å²) in [4.78, 5) is 12.6. The lowest BCUT2D eigenvalue weighted by atomic mass is 10.2. The molecule has 1 amide bonds. The largest absolute Gasteiger partial charge is 0.348 e. The molecule has 0 aliphatic carbocycles. The Morgan fingerprint density at radius 3 is 2.42 bits per heavy atom. The van der Waals surface area contributed by atoms with Crippen LogP contribution < -0.4 is 14.9 Å². The zero-order chi connectivity index (χ0) is 17.9. The van der Waals surface area contributed by atoms with Gasteiger partial charge in [0.15, 0.2) is 0 Å². The minimum absolute atomic E-state index is 0. The molecule has 0 aromatic heterocycles. The topological polar surface area (TPSA) is 78.5 Å². The third kappa shape index (κ3) is 4.17. The van der Waals surface area contributed by atoms with Gasteiger partial charge in [0.1, 0.15) is 4.90 Å². The lowest BCUT2D eigenvalue weighted by Crippen LogP contribution is -2.37. The fourth-order valence-corrected chi connectivity index (χ4v) is 4.23. The van der Waals surface area contributed by atoms with Crippen molar-refractivity contribution in [2.45, 2.75) is 17.4 Å². The maximum absolute atomic E-state index is 13.0. The van der Waals surface area contributed by atoms with Crippen LogP contribution in [0.3, 0.4) is 0 Å². The standard InChI is InChI=1S/C18H21N3O3S.ClH/c1-21(15-7-3-2-4-8-15)25(23,24)17-10-6-5-9-16(17)18(22)20-14-11-12-19-13-14;/h2-10,14,19H,11-13H2,1H3,(H,20,22);1H. The van der Waals surface area contributed by atoms with Gasteiger partial charge in [0.2, 0.25) is 0 Å². The van der Waals surface area contributed by atoms with E-state index < -0.39 is 10.0 Å². The smallest absolute Gasteiger partial charge is 0.264 e. The van der Waals surface area contributed by atoms with Gasteiger partial charge in [0.25, 0.3) is 15.9 Å². The van der Waals surface area contributed by atoms with Crippen molar-refractivity contribution in [1.82, 2.24) is 10.6 Å². The molecular formula is C18H22ClN3O3S. The number of sulfonamides is 1. The molecule has 0 radical (unpaired) electrons. The number of rotatable bonds is 5. The van der Waals surface area contributed by atoms with Crippen LogP contribution in [0.2, 0.25) is 0 Å². The molecule has 0 spiro atoms. The number of halogens is 1. The van der Waals surface area contributed by atoms with Gasteiger partial charge in [0.05, 0.1) is 11.3 Å². The molecule has 26 heavy (non-hydrogen) atoms. The summed E-state index contributed by atoms with van der Waals surface area (Å²) in [6.45, 7) is 1.55. The number of para-hydroxylation sites is 1. The summed E-state index contributed by atoms with van der Waals surface area (Å²) < 4.78 is 27.2. The van der Waals surface area contributed by atoms with Gasteiger partial charge in [0, 0.05) is 19.6 Å². The number of anilines is 1. The number of hydrogen-bond donors (Lipinski definition) is 2. The normalized spacial score (nSPS) is 16.6. The summed E-state index contributed by atoms with van der Waals surface area (Å²) in [7, 11) is -2.36. The zero-order valence-electron chi connectivity index (χ0n) is 14.4. The lowest BCUT2D eigenvalue weighted by Gasteiger charge is -2.21. The maximum atomic E-state index is 13.0. The number of hydrogen-bond acceptors (Lipinski definition) is 4. The van der Waals surface area contributed by atoms with Crippen molar-refractivity contribution in [2.75, 3.05) is 24.4 Å². The lowest BCUT2D eigenvalue weighted by molar-refractivity contribution is 0.0936. The Hall–Kier alpha value is -2.09. The fraction of sp³-hybridized carbons (Fsp3) is 0.278. The first kappa shape index (κ1) is 20.2. The molecular weight excluding hydrogens is 374 g/mol. The van der Waals surface area contributed by atoms with Crippen LogP contribution in [0.25, 0.3) is 0 Å². The van der Waals surface area contributed by atoms with E-state index in [2.05, 4.69) is 10.6 Å². The highest BCUT2D eigenvalue weighted by atomic mass is 35.5. The van der Waals surface area contributed by atoms with E-state index in [0.717, 1.165) is 13.0 Å². The van der Waals surface area contributed by atoms with Gasteiger partial charge in [-0.25, -0.2) is 8.42 Å². The van der Waals surface area contributed by atoms with E-state index in [0.29, 0.717) is 12.2 Å². The maximum Gasteiger partial charge on any atom is 0.264 e. The number of carbonyl (C=O) groups is 1. The fourth-order valence-electron chi connectivity index (χ4n) is 2.84. The van der Waals surface area contributed by atoms with E-state index in [4.69, 9.17) is 0 Å². The summed E-state index contributed by atoms with van der Waals surface area (Å²) in [5.41, 5.74) is 0.704. The molecule has 140 valence electrons. The summed E-state index contributed by atoms with van der Waals surface area (Å²) in [6.07, 6.45) is 0.838. The minimum Gasteiger partial charge on any atom is -0.348 e. The predicted molar refractivity (Wildman–Crippen MR) is 104 cm³/mol. The average molecular weight is 396 g/mol. The van der Waals surface area contributed by atoms with Crippen LogP contribution in [0, 0.1) is 0 Å². The summed E-state index contributed by atoms with van der Waals surface area (Å²) >= 11 is 0. The molecule has 1 unspecified atom stereocenters. The van der Waals surface area contributed by atoms with Gasteiger partial charge >= 0.3 is 0 Å². The molecule has 0 bridgehead atoms. The molecule has 1 atom stereocenters. The second-order valence-corrected chi connectivity index (χ2v) is 7.91. The van der Waals surface area contributed by atoms with Crippen molar-refractivity contribution in [2.24, 2.45) is 0 Å². The monoisotopic (exact) mass is 395 g/mol. The molecule has 2 aromatic carbocycles. The Labute approximate surface area is 160 Å². The quantitative estimate of drug-likeness (QED) is 0.811. The van der Waals surface area contributed by atoms with Crippen LogP contribution in [0.5, 0.6) is 0 Å². The highest BCUT2D eigenvalue weighted by Gasteiger charge is 2.28. The van der Waals surface area contributed by atoms with Gasteiger partial charge < -0.3 is 10.6 Å². The van der Waals surface area contributed by atoms with Gasteiger partial charge in [-0.2, -0.15) is 0 Å². The van der Waals surface area contributed by atoms with Crippen molar-refractivity contribution < 1.29 is 13.2 Å². The van der Waals surface area contributed by atoms with Crippen molar-refractivity contribution >= 4 is 34.0 Å². The van der Waals surface area contributed by atoms with Crippen LogP contribution >= 0.6 is 12.4 Å². The van der Waals surface area contributed by atoms with E-state index in [1.807, 2.05) is 6.07 Å². The molecule has 1 saturated heterocycles. The highest BCUT2D eigenvalue weighted by Crippen LogP contribution is 2.24. The first-order chi connectivity index (χ1) is 12.0. The van der Waals surface area contributed by atoms with E-state index in [9.17, 15) is 13.2 Å². The van der Waals surface area contributed by atoms with E-state index in [1.54, 1.807) is 42.5 Å². The number of nitrogens with one attached hydrogen (secondary N) is 2. The molecule has 1 fully saturated rings. The highest BCUT2D eigenvalue weighted by molar-refractivity contribution is 7.92. The SMILES string of the molecule is CN(c1ccccc1)S(=O)(=O)c1ccccc1C(=O)NC1CCNC1.Cl. The predicted octanol–water partition coefficient (Wildman–Crippen LogP) is 2.03. The van der Waals surface area contributed by atoms with Crippen molar-refractivity contribution in [3.05, 3.63) is 60.2 Å². The second kappa shape index (κ2) is 8.53. The van der Waals surface area contributed by atoms with Gasteiger partial charge in [-0.1, -0.05) is 30.3 Å². The summed E-state index contributed by atoms with van der Waals surface area (Å²) in [5, 5.41) is 6.07. The summed E-state index contributed by atoms with van der Waals surface area (Å²) in [6, 6.07) is 15.1. The number of carbonyl (C=O) groups excluding carboxylic acids is 1. The number of amides is 1. The van der Waals surface area contributed by atoms with E-state index in [-0.39, 0.29) is 34.8 Å². The number of benzene rings is 2.